The first-order valence-electron chi connectivity index (χ1n) is 5.69. The molecule has 2 N–H and O–H groups in total. The number of halogens is 1. The van der Waals surface area contributed by atoms with Gasteiger partial charge in [-0.1, -0.05) is 0 Å². The third kappa shape index (κ3) is 1.94. The number of hydrogen-bond acceptors (Lipinski definition) is 2. The van der Waals surface area contributed by atoms with Crippen LogP contribution in [-0.2, 0) is 0 Å². The van der Waals surface area contributed by atoms with E-state index in [-0.39, 0.29) is 11.6 Å². The van der Waals surface area contributed by atoms with Crippen molar-refractivity contribution in [1.29, 1.82) is 0 Å². The lowest BCUT2D eigenvalue weighted by molar-refractivity contribution is 0.0337. The molecule has 2 aliphatic rings. The maximum absolute atomic E-state index is 14.7. The molecule has 0 amide bonds. The Labute approximate surface area is 85.6 Å². The molecule has 0 aromatic carbocycles. The van der Waals surface area contributed by atoms with Gasteiger partial charge in [-0.25, -0.2) is 4.39 Å². The van der Waals surface area contributed by atoms with Crippen LogP contribution in [0.4, 0.5) is 4.39 Å². The summed E-state index contributed by atoms with van der Waals surface area (Å²) >= 11 is 0. The van der Waals surface area contributed by atoms with Crippen LogP contribution in [0.3, 0.4) is 0 Å². The van der Waals surface area contributed by atoms with E-state index >= 15 is 0 Å². The van der Waals surface area contributed by atoms with E-state index in [2.05, 4.69) is 24.5 Å². The van der Waals surface area contributed by atoms with Crippen LogP contribution in [0.25, 0.3) is 0 Å². The van der Waals surface area contributed by atoms with E-state index in [0.717, 1.165) is 25.9 Å². The molecule has 0 aromatic heterocycles. The van der Waals surface area contributed by atoms with Gasteiger partial charge in [-0.3, -0.25) is 0 Å². The third-order valence-corrected chi connectivity index (χ3v) is 3.56. The van der Waals surface area contributed by atoms with Gasteiger partial charge < -0.3 is 10.6 Å². The Bertz CT molecular complexity index is 211. The first-order valence-corrected chi connectivity index (χ1v) is 5.69. The predicted molar refractivity (Wildman–Crippen MR) is 56.2 cm³/mol. The highest BCUT2D eigenvalue weighted by Gasteiger charge is 2.46. The normalized spacial score (nSPS) is 42.6. The molecule has 0 bridgehead atoms. The van der Waals surface area contributed by atoms with Crippen LogP contribution >= 0.6 is 0 Å². The maximum Gasteiger partial charge on any atom is 0.129 e. The summed E-state index contributed by atoms with van der Waals surface area (Å²) in [7, 11) is 0. The summed E-state index contributed by atoms with van der Waals surface area (Å²) < 4.78 is 14.7. The van der Waals surface area contributed by atoms with Crippen molar-refractivity contribution in [2.24, 2.45) is 0 Å². The Balaban J connectivity index is 2.06. The molecule has 2 aliphatic heterocycles. The van der Waals surface area contributed by atoms with Crippen LogP contribution in [0.2, 0.25) is 0 Å². The number of nitrogens with one attached hydrogen (secondary N) is 2. The SMILES string of the molecule is CC1(C)CC(F)(C2CCCN2)CCN1. The van der Waals surface area contributed by atoms with Crippen molar-refractivity contribution in [2.75, 3.05) is 13.1 Å². The van der Waals surface area contributed by atoms with Crippen LogP contribution in [0.5, 0.6) is 0 Å². The highest BCUT2D eigenvalue weighted by atomic mass is 19.1. The molecule has 0 aromatic rings. The zero-order valence-corrected chi connectivity index (χ0v) is 9.20. The lowest BCUT2D eigenvalue weighted by Crippen LogP contribution is -2.58. The summed E-state index contributed by atoms with van der Waals surface area (Å²) in [6.45, 7) is 5.98. The smallest absolute Gasteiger partial charge is 0.129 e. The molecule has 2 nitrogen and oxygen atoms in total. The fourth-order valence-electron chi connectivity index (χ4n) is 2.92. The van der Waals surface area contributed by atoms with Crippen molar-refractivity contribution in [3.05, 3.63) is 0 Å². The Morgan fingerprint density at radius 3 is 2.64 bits per heavy atom. The fraction of sp³-hybridized carbons (Fsp3) is 1.00. The van der Waals surface area contributed by atoms with E-state index < -0.39 is 5.67 Å². The standard InChI is InChI=1S/C11H21FN2/c1-10(2)8-11(12,5-7-14-10)9-4-3-6-13-9/h9,13-14H,3-8H2,1-2H3. The van der Waals surface area contributed by atoms with Gasteiger partial charge in [0.1, 0.15) is 5.67 Å². The van der Waals surface area contributed by atoms with E-state index in [1.54, 1.807) is 0 Å². The summed E-state index contributed by atoms with van der Waals surface area (Å²) in [5.41, 5.74) is -1.03. The molecule has 0 spiro atoms. The van der Waals surface area contributed by atoms with Crippen LogP contribution in [0, 0.1) is 0 Å². The molecule has 2 unspecified atom stereocenters. The minimum atomic E-state index is -0.981. The van der Waals surface area contributed by atoms with Gasteiger partial charge in [0.25, 0.3) is 0 Å². The van der Waals surface area contributed by atoms with Crippen molar-refractivity contribution in [3.63, 3.8) is 0 Å². The minimum absolute atomic E-state index is 0.0444. The monoisotopic (exact) mass is 200 g/mol. The third-order valence-electron chi connectivity index (χ3n) is 3.56. The van der Waals surface area contributed by atoms with Gasteiger partial charge in [0.2, 0.25) is 0 Å². The number of piperidine rings is 1. The minimum Gasteiger partial charge on any atom is -0.312 e. The lowest BCUT2D eigenvalue weighted by atomic mass is 9.77. The van der Waals surface area contributed by atoms with Crippen LogP contribution in [0.1, 0.15) is 39.5 Å². The molecule has 2 saturated heterocycles. The number of alkyl halides is 1. The molecule has 2 fully saturated rings. The largest absolute Gasteiger partial charge is 0.312 e. The van der Waals surface area contributed by atoms with E-state index in [0.29, 0.717) is 12.8 Å². The summed E-state index contributed by atoms with van der Waals surface area (Å²) in [6.07, 6.45) is 3.43. The second kappa shape index (κ2) is 3.46. The molecule has 3 heteroatoms. The molecule has 14 heavy (non-hydrogen) atoms. The van der Waals surface area contributed by atoms with Gasteiger partial charge in [-0.05, 0) is 46.2 Å². The molecule has 2 rings (SSSR count). The zero-order chi connectivity index (χ0) is 10.2. The van der Waals surface area contributed by atoms with Gasteiger partial charge in [-0.2, -0.15) is 0 Å². The van der Waals surface area contributed by atoms with Crippen molar-refractivity contribution >= 4 is 0 Å². The van der Waals surface area contributed by atoms with E-state index in [1.165, 1.54) is 0 Å². The topological polar surface area (TPSA) is 24.1 Å². The van der Waals surface area contributed by atoms with Crippen molar-refractivity contribution in [1.82, 2.24) is 10.6 Å². The average molecular weight is 200 g/mol. The highest BCUT2D eigenvalue weighted by molar-refractivity contribution is 5.03. The highest BCUT2D eigenvalue weighted by Crippen LogP contribution is 2.37. The maximum atomic E-state index is 14.7. The Kier molecular flexibility index (Phi) is 2.56. The van der Waals surface area contributed by atoms with E-state index in [9.17, 15) is 4.39 Å². The van der Waals surface area contributed by atoms with Crippen LogP contribution < -0.4 is 10.6 Å². The molecule has 2 atom stereocenters. The Morgan fingerprint density at radius 2 is 2.07 bits per heavy atom. The van der Waals surface area contributed by atoms with Crippen molar-refractivity contribution in [3.8, 4) is 0 Å². The van der Waals surface area contributed by atoms with Crippen LogP contribution in [0.15, 0.2) is 0 Å². The Hall–Kier alpha value is -0.150. The summed E-state index contributed by atoms with van der Waals surface area (Å²) in [5.74, 6) is 0. The molecule has 2 heterocycles. The molecule has 0 saturated carbocycles. The summed E-state index contributed by atoms with van der Waals surface area (Å²) in [4.78, 5) is 0. The molecular formula is C11H21FN2. The van der Waals surface area contributed by atoms with Gasteiger partial charge in [0.15, 0.2) is 0 Å². The fourth-order valence-corrected chi connectivity index (χ4v) is 2.92. The van der Waals surface area contributed by atoms with E-state index in [1.807, 2.05) is 0 Å². The quantitative estimate of drug-likeness (QED) is 0.672. The number of hydrogen-bond donors (Lipinski definition) is 2. The van der Waals surface area contributed by atoms with Gasteiger partial charge in [-0.15, -0.1) is 0 Å². The van der Waals surface area contributed by atoms with Crippen molar-refractivity contribution in [2.45, 2.75) is 56.8 Å². The lowest BCUT2D eigenvalue weighted by Gasteiger charge is -2.43. The van der Waals surface area contributed by atoms with Crippen molar-refractivity contribution < 1.29 is 4.39 Å². The molecule has 0 radical (unpaired) electrons. The molecule has 82 valence electrons. The molecular weight excluding hydrogens is 179 g/mol. The van der Waals surface area contributed by atoms with Gasteiger partial charge >= 0.3 is 0 Å². The number of rotatable bonds is 1. The second-order valence-electron chi connectivity index (χ2n) is 5.42. The van der Waals surface area contributed by atoms with Gasteiger partial charge in [0.05, 0.1) is 0 Å². The Morgan fingerprint density at radius 1 is 1.29 bits per heavy atom. The molecule has 0 aliphatic carbocycles. The summed E-state index contributed by atoms with van der Waals surface area (Å²) in [5, 5.41) is 6.67. The van der Waals surface area contributed by atoms with Crippen LogP contribution in [-0.4, -0.2) is 30.3 Å². The van der Waals surface area contributed by atoms with Gasteiger partial charge in [0, 0.05) is 18.0 Å². The predicted octanol–water partition coefficient (Wildman–Crippen LogP) is 1.61. The average Bonchev–Trinajstić information content (AvgIpc) is 2.52. The summed E-state index contributed by atoms with van der Waals surface area (Å²) in [6, 6.07) is 0.101. The first-order chi connectivity index (χ1) is 6.52. The van der Waals surface area contributed by atoms with E-state index in [4.69, 9.17) is 0 Å². The second-order valence-corrected chi connectivity index (χ2v) is 5.42. The zero-order valence-electron chi connectivity index (χ0n) is 9.20. The first kappa shape index (κ1) is 10.4.